The average Bonchev–Trinajstić information content (AvgIpc) is 2.27. The Morgan fingerprint density at radius 2 is 2.30 bits per heavy atom. The Kier molecular flexibility index (Phi) is 0.913. The van der Waals surface area contributed by atoms with Crippen LogP contribution in [0.1, 0.15) is 0 Å². The third kappa shape index (κ3) is 0.637. The highest BCUT2D eigenvalue weighted by atomic mass is 16.3. The second kappa shape index (κ2) is 1.73. The summed E-state index contributed by atoms with van der Waals surface area (Å²) in [5.74, 6) is 0.479. The van der Waals surface area contributed by atoms with Crippen molar-refractivity contribution >= 4 is 23.9 Å². The molecular weight excluding hydrogens is 132 g/mol. The fourth-order valence-electron chi connectivity index (χ4n) is 0.787. The first-order chi connectivity index (χ1) is 4.86. The van der Waals surface area contributed by atoms with E-state index in [9.17, 15) is 0 Å². The Balaban J connectivity index is 2.45. The van der Waals surface area contributed by atoms with Crippen LogP contribution in [0.25, 0.3) is 0 Å². The number of aliphatic hydroxyl groups is 1. The van der Waals surface area contributed by atoms with Crippen LogP contribution in [-0.2, 0) is 0 Å². The maximum absolute atomic E-state index is 8.79. The Labute approximate surface area is 56.6 Å². The molecule has 2 aliphatic rings. The molecule has 2 aliphatic heterocycles. The Morgan fingerprint density at radius 1 is 1.40 bits per heavy atom. The number of amidine groups is 2. The summed E-state index contributed by atoms with van der Waals surface area (Å²) < 4.78 is 0. The first-order valence-electron chi connectivity index (χ1n) is 2.78. The Hall–Kier alpha value is -1.52. The summed E-state index contributed by atoms with van der Waals surface area (Å²) in [6.07, 6.45) is 1.41. The van der Waals surface area contributed by atoms with Crippen LogP contribution < -0.4 is 0 Å². The van der Waals surface area contributed by atoms with Crippen molar-refractivity contribution in [3.8, 4) is 0 Å². The molecule has 0 saturated carbocycles. The number of hydrogen-bond donors (Lipinski definition) is 1. The molecule has 2 heterocycles. The summed E-state index contributed by atoms with van der Waals surface area (Å²) >= 11 is 0. The summed E-state index contributed by atoms with van der Waals surface area (Å²) in [4.78, 5) is 14.9. The van der Waals surface area contributed by atoms with Crippen molar-refractivity contribution in [1.29, 1.82) is 0 Å². The van der Waals surface area contributed by atoms with Gasteiger partial charge in [-0.2, -0.15) is 9.98 Å². The molecular formula is C5H4N4O. The van der Waals surface area contributed by atoms with Crippen molar-refractivity contribution in [3.63, 3.8) is 0 Å². The largest absolute Gasteiger partial charge is 0.479 e. The van der Waals surface area contributed by atoms with E-state index in [2.05, 4.69) is 20.0 Å². The smallest absolute Gasteiger partial charge is 0.316 e. The normalized spacial score (nSPS) is 21.4. The molecule has 0 unspecified atom stereocenters. The number of aliphatic hydroxyl groups excluding tert-OH is 1. The molecule has 5 nitrogen and oxygen atoms in total. The number of aliphatic imine (C=N–C) groups is 4. The fraction of sp³-hybridized carbons (Fsp3) is 0.200. The molecule has 0 bridgehead atoms. The van der Waals surface area contributed by atoms with E-state index < -0.39 is 0 Å². The van der Waals surface area contributed by atoms with Crippen LogP contribution in [0.3, 0.4) is 0 Å². The molecule has 2 rings (SSSR count). The van der Waals surface area contributed by atoms with Gasteiger partial charge in [-0.05, 0) is 0 Å². The minimum atomic E-state index is -0.223. The summed E-state index contributed by atoms with van der Waals surface area (Å²) in [7, 11) is 0. The van der Waals surface area contributed by atoms with Crippen LogP contribution in [0, 0.1) is 0 Å². The Morgan fingerprint density at radius 3 is 3.10 bits per heavy atom. The fourth-order valence-corrected chi connectivity index (χ4v) is 0.787. The first-order valence-corrected chi connectivity index (χ1v) is 2.78. The van der Waals surface area contributed by atoms with Gasteiger partial charge in [-0.3, -0.25) is 4.99 Å². The summed E-state index contributed by atoms with van der Waals surface area (Å²) in [6, 6.07) is -0.223. The molecule has 0 radical (unpaired) electrons. The molecule has 0 fully saturated rings. The van der Waals surface area contributed by atoms with Crippen molar-refractivity contribution in [1.82, 2.24) is 0 Å². The van der Waals surface area contributed by atoms with Gasteiger partial charge in [-0.15, -0.1) is 0 Å². The van der Waals surface area contributed by atoms with Crippen molar-refractivity contribution in [2.45, 2.75) is 0 Å². The molecule has 0 saturated heterocycles. The highest BCUT2D eigenvalue weighted by molar-refractivity contribution is 6.49. The van der Waals surface area contributed by atoms with Gasteiger partial charge in [0.25, 0.3) is 0 Å². The average molecular weight is 136 g/mol. The minimum absolute atomic E-state index is 0.223. The van der Waals surface area contributed by atoms with Crippen LogP contribution in [0.4, 0.5) is 0 Å². The lowest BCUT2D eigenvalue weighted by Gasteiger charge is -1.97. The highest BCUT2D eigenvalue weighted by Crippen LogP contribution is 2.01. The molecule has 10 heavy (non-hydrogen) atoms. The van der Waals surface area contributed by atoms with Crippen LogP contribution >= 0.6 is 0 Å². The Bertz CT molecular complexity index is 286. The van der Waals surface area contributed by atoms with Crippen molar-refractivity contribution in [2.75, 3.05) is 6.54 Å². The monoisotopic (exact) mass is 136 g/mol. The van der Waals surface area contributed by atoms with Gasteiger partial charge in [0.05, 0.1) is 6.54 Å². The zero-order chi connectivity index (χ0) is 6.97. The number of rotatable bonds is 0. The maximum Gasteiger partial charge on any atom is 0.316 e. The van der Waals surface area contributed by atoms with Crippen LogP contribution in [0.15, 0.2) is 20.0 Å². The van der Waals surface area contributed by atoms with Gasteiger partial charge in [0.15, 0.2) is 5.84 Å². The lowest BCUT2D eigenvalue weighted by atomic mass is 10.3. The topological polar surface area (TPSA) is 69.7 Å². The van der Waals surface area contributed by atoms with E-state index >= 15 is 0 Å². The molecule has 0 aromatic carbocycles. The van der Waals surface area contributed by atoms with Gasteiger partial charge < -0.3 is 5.11 Å². The van der Waals surface area contributed by atoms with E-state index in [0.29, 0.717) is 18.1 Å². The summed E-state index contributed by atoms with van der Waals surface area (Å²) in [5.41, 5.74) is 0.639. The van der Waals surface area contributed by atoms with Crippen LogP contribution in [0.2, 0.25) is 0 Å². The lowest BCUT2D eigenvalue weighted by Crippen LogP contribution is -2.15. The van der Waals surface area contributed by atoms with Gasteiger partial charge >= 0.3 is 6.02 Å². The molecule has 0 aromatic heterocycles. The van der Waals surface area contributed by atoms with Gasteiger partial charge in [-0.25, -0.2) is 4.99 Å². The van der Waals surface area contributed by atoms with E-state index in [1.807, 2.05) is 0 Å². The van der Waals surface area contributed by atoms with Gasteiger partial charge in [0.1, 0.15) is 12.1 Å². The summed E-state index contributed by atoms with van der Waals surface area (Å²) in [6.45, 7) is 0.465. The van der Waals surface area contributed by atoms with Crippen LogP contribution in [0.5, 0.6) is 0 Å². The van der Waals surface area contributed by atoms with Gasteiger partial charge in [-0.1, -0.05) is 0 Å². The van der Waals surface area contributed by atoms with E-state index in [1.165, 1.54) is 6.34 Å². The second-order valence-corrected chi connectivity index (χ2v) is 1.88. The maximum atomic E-state index is 8.79. The molecule has 1 N–H and O–H groups in total. The zero-order valence-electron chi connectivity index (χ0n) is 5.02. The van der Waals surface area contributed by atoms with Crippen molar-refractivity contribution in [2.24, 2.45) is 20.0 Å². The second-order valence-electron chi connectivity index (χ2n) is 1.88. The van der Waals surface area contributed by atoms with Crippen LogP contribution in [-0.4, -0.2) is 35.6 Å². The molecule has 0 aliphatic carbocycles. The number of fused-ring (bicyclic) bond motifs is 1. The van der Waals surface area contributed by atoms with Gasteiger partial charge in [0, 0.05) is 0 Å². The SMILES string of the molecule is OC1=NC2=NC=NCC2=N1. The van der Waals surface area contributed by atoms with Gasteiger partial charge in [0.2, 0.25) is 0 Å². The zero-order valence-corrected chi connectivity index (χ0v) is 5.02. The quantitative estimate of drug-likeness (QED) is 0.492. The van der Waals surface area contributed by atoms with E-state index in [-0.39, 0.29) is 6.02 Å². The van der Waals surface area contributed by atoms with E-state index in [0.717, 1.165) is 0 Å². The molecule has 0 aromatic rings. The van der Waals surface area contributed by atoms with Crippen molar-refractivity contribution < 1.29 is 5.11 Å². The molecule has 0 spiro atoms. The predicted octanol–water partition coefficient (Wildman–Crippen LogP) is -0.205. The standard InChI is InChI=1S/C5H4N4O/c10-5-8-3-1-6-2-7-4(3)9-5/h2H,1H2,(H,6,7,9,10). The van der Waals surface area contributed by atoms with Crippen molar-refractivity contribution in [3.05, 3.63) is 0 Å². The third-order valence-corrected chi connectivity index (χ3v) is 1.20. The minimum Gasteiger partial charge on any atom is -0.479 e. The molecule has 5 heteroatoms. The lowest BCUT2D eigenvalue weighted by molar-refractivity contribution is 0.547. The number of nitrogens with zero attached hydrogens (tertiary/aromatic N) is 4. The highest BCUT2D eigenvalue weighted by Gasteiger charge is 2.17. The molecule has 50 valence electrons. The molecule has 0 atom stereocenters. The summed E-state index contributed by atoms with van der Waals surface area (Å²) in [5, 5.41) is 8.79. The molecule has 0 amide bonds. The first kappa shape index (κ1) is 5.28. The predicted molar refractivity (Wildman–Crippen MR) is 38.3 cm³/mol. The van der Waals surface area contributed by atoms with E-state index in [4.69, 9.17) is 5.11 Å². The number of hydrogen-bond acceptors (Lipinski definition) is 4. The van der Waals surface area contributed by atoms with E-state index in [1.54, 1.807) is 0 Å². The third-order valence-electron chi connectivity index (χ3n) is 1.20.